The molecule has 1 fully saturated rings. The van der Waals surface area contributed by atoms with Gasteiger partial charge in [0.2, 0.25) is 0 Å². The summed E-state index contributed by atoms with van der Waals surface area (Å²) in [4.78, 5) is 16.9. The van der Waals surface area contributed by atoms with Crippen LogP contribution in [0.2, 0.25) is 0 Å². The molecule has 0 aromatic heterocycles. The fraction of sp³-hybridized carbons (Fsp3) is 0.650. The summed E-state index contributed by atoms with van der Waals surface area (Å²) in [6.45, 7) is 9.87. The second-order valence-electron chi connectivity index (χ2n) is 7.70. The molecule has 1 saturated heterocycles. The van der Waals surface area contributed by atoms with E-state index in [9.17, 15) is 9.90 Å². The number of morpholine rings is 1. The minimum absolute atomic E-state index is 0.0465. The van der Waals surface area contributed by atoms with Crippen LogP contribution in [0.15, 0.2) is 24.3 Å². The van der Waals surface area contributed by atoms with Crippen LogP contribution in [0.4, 0.5) is 0 Å². The fourth-order valence-corrected chi connectivity index (χ4v) is 3.14. The summed E-state index contributed by atoms with van der Waals surface area (Å²) in [7, 11) is 1.86. The first-order chi connectivity index (χ1) is 11.8. The highest BCUT2D eigenvalue weighted by Crippen LogP contribution is 2.15. The van der Waals surface area contributed by atoms with Crippen LogP contribution in [-0.4, -0.2) is 72.4 Å². The van der Waals surface area contributed by atoms with Gasteiger partial charge in [0.05, 0.1) is 18.8 Å². The number of aliphatic hydroxyl groups is 1. The van der Waals surface area contributed by atoms with Crippen LogP contribution in [-0.2, 0) is 11.2 Å². The van der Waals surface area contributed by atoms with Crippen molar-refractivity contribution in [3.8, 4) is 0 Å². The zero-order valence-electron chi connectivity index (χ0n) is 16.0. The first-order valence-corrected chi connectivity index (χ1v) is 9.15. The first kappa shape index (κ1) is 19.9. The van der Waals surface area contributed by atoms with Gasteiger partial charge in [0, 0.05) is 38.3 Å². The quantitative estimate of drug-likeness (QED) is 0.821. The number of nitrogens with zero attached hydrogens (tertiary/aromatic N) is 2. The smallest absolute Gasteiger partial charge is 0.253 e. The lowest BCUT2D eigenvalue weighted by Gasteiger charge is -2.34. The summed E-state index contributed by atoms with van der Waals surface area (Å²) in [5, 5.41) is 9.88. The Balaban J connectivity index is 1.94. The Morgan fingerprint density at radius 2 is 2.04 bits per heavy atom. The Morgan fingerprint density at radius 1 is 1.36 bits per heavy atom. The molecule has 2 rings (SSSR count). The zero-order valence-corrected chi connectivity index (χ0v) is 16.0. The molecule has 0 radical (unpaired) electrons. The summed E-state index contributed by atoms with van der Waals surface area (Å²) in [6.07, 6.45) is 1.44. The second-order valence-corrected chi connectivity index (χ2v) is 7.70. The number of carbonyl (C=O) groups excluding carboxylic acids is 1. The van der Waals surface area contributed by atoms with E-state index in [0.717, 1.165) is 38.3 Å². The number of amides is 1. The van der Waals surface area contributed by atoms with Gasteiger partial charge in [-0.1, -0.05) is 12.1 Å². The van der Waals surface area contributed by atoms with Crippen molar-refractivity contribution in [2.75, 3.05) is 39.9 Å². The normalized spacial score (nSPS) is 17.3. The Morgan fingerprint density at radius 3 is 2.68 bits per heavy atom. The van der Waals surface area contributed by atoms with E-state index in [1.165, 1.54) is 0 Å². The predicted octanol–water partition coefficient (Wildman–Crippen LogP) is 2.18. The van der Waals surface area contributed by atoms with Gasteiger partial charge in [0.25, 0.3) is 5.91 Å². The van der Waals surface area contributed by atoms with Crippen molar-refractivity contribution in [3.63, 3.8) is 0 Å². The van der Waals surface area contributed by atoms with Crippen LogP contribution in [0.5, 0.6) is 0 Å². The van der Waals surface area contributed by atoms with Gasteiger partial charge in [-0.2, -0.15) is 0 Å². The van der Waals surface area contributed by atoms with Crippen LogP contribution in [0.25, 0.3) is 0 Å². The molecule has 1 aliphatic heterocycles. The van der Waals surface area contributed by atoms with Crippen molar-refractivity contribution in [3.05, 3.63) is 35.4 Å². The number of ether oxygens (including phenoxy) is 1. The van der Waals surface area contributed by atoms with E-state index in [-0.39, 0.29) is 5.91 Å². The third-order valence-electron chi connectivity index (χ3n) is 4.75. The summed E-state index contributed by atoms with van der Waals surface area (Å²) < 4.78 is 5.39. The lowest BCUT2D eigenvalue weighted by molar-refractivity contribution is 0.0142. The van der Waals surface area contributed by atoms with Crippen molar-refractivity contribution in [2.24, 2.45) is 0 Å². The largest absolute Gasteiger partial charge is 0.390 e. The van der Waals surface area contributed by atoms with Gasteiger partial charge in [0.15, 0.2) is 0 Å². The number of aryl methyl sites for hydroxylation is 1. The Hall–Kier alpha value is -1.43. The molecule has 1 heterocycles. The highest BCUT2D eigenvalue weighted by molar-refractivity contribution is 5.94. The van der Waals surface area contributed by atoms with E-state index in [2.05, 4.69) is 11.8 Å². The molecule has 0 saturated carbocycles. The van der Waals surface area contributed by atoms with Crippen LogP contribution in [0, 0.1) is 0 Å². The van der Waals surface area contributed by atoms with Gasteiger partial charge >= 0.3 is 0 Å². The second kappa shape index (κ2) is 8.79. The van der Waals surface area contributed by atoms with Crippen LogP contribution in [0.1, 0.15) is 43.1 Å². The molecule has 1 aromatic carbocycles. The van der Waals surface area contributed by atoms with Crippen molar-refractivity contribution >= 4 is 5.91 Å². The van der Waals surface area contributed by atoms with Crippen molar-refractivity contribution in [1.29, 1.82) is 0 Å². The number of rotatable bonds is 7. The lowest BCUT2D eigenvalue weighted by Crippen LogP contribution is -2.47. The van der Waals surface area contributed by atoms with Crippen LogP contribution in [0.3, 0.4) is 0 Å². The number of benzene rings is 1. The minimum atomic E-state index is -0.690. The first-order valence-electron chi connectivity index (χ1n) is 9.15. The maximum absolute atomic E-state index is 12.7. The fourth-order valence-electron chi connectivity index (χ4n) is 3.14. The van der Waals surface area contributed by atoms with Gasteiger partial charge < -0.3 is 14.7 Å². The van der Waals surface area contributed by atoms with Gasteiger partial charge in [0.1, 0.15) is 0 Å². The van der Waals surface area contributed by atoms with E-state index in [4.69, 9.17) is 4.74 Å². The average Bonchev–Trinajstić information content (AvgIpc) is 2.59. The molecule has 140 valence electrons. The molecular formula is C20H32N2O3. The molecule has 1 aliphatic rings. The molecular weight excluding hydrogens is 316 g/mol. The molecule has 0 bridgehead atoms. The highest BCUT2D eigenvalue weighted by Gasteiger charge is 2.21. The van der Waals surface area contributed by atoms with Gasteiger partial charge in [-0.25, -0.2) is 0 Å². The van der Waals surface area contributed by atoms with Crippen molar-refractivity contribution in [1.82, 2.24) is 9.80 Å². The molecule has 5 nitrogen and oxygen atoms in total. The van der Waals surface area contributed by atoms with E-state index in [1.54, 1.807) is 4.90 Å². The maximum Gasteiger partial charge on any atom is 0.253 e. The standard InChI is InChI=1S/C20H32N2O3/c1-16(22-10-12-25-13-11-22)15-21(4)19(23)18-7-5-6-17(14-18)8-9-20(2,3)24/h5-7,14,16,24H,8-13,15H2,1-4H3/t16-/m0/s1. The monoisotopic (exact) mass is 348 g/mol. The van der Waals surface area contributed by atoms with Gasteiger partial charge in [-0.05, 0) is 51.3 Å². The molecule has 1 atom stereocenters. The Bertz CT molecular complexity index is 562. The van der Waals surface area contributed by atoms with Crippen molar-refractivity contribution < 1.29 is 14.6 Å². The minimum Gasteiger partial charge on any atom is -0.390 e. The van der Waals surface area contributed by atoms with Crippen molar-refractivity contribution in [2.45, 2.75) is 45.3 Å². The lowest BCUT2D eigenvalue weighted by atomic mass is 9.98. The van der Waals surface area contributed by atoms with E-state index < -0.39 is 5.60 Å². The average molecular weight is 348 g/mol. The maximum atomic E-state index is 12.7. The molecule has 0 spiro atoms. The number of likely N-dealkylation sites (N-methyl/N-ethyl adjacent to an activating group) is 1. The van der Waals surface area contributed by atoms with Gasteiger partial charge in [-0.3, -0.25) is 9.69 Å². The molecule has 0 aliphatic carbocycles. The summed E-state index contributed by atoms with van der Waals surface area (Å²) in [6, 6.07) is 8.07. The van der Waals surface area contributed by atoms with E-state index in [0.29, 0.717) is 24.6 Å². The van der Waals surface area contributed by atoms with E-state index >= 15 is 0 Å². The predicted molar refractivity (Wildman–Crippen MR) is 99.9 cm³/mol. The molecule has 1 amide bonds. The third kappa shape index (κ3) is 6.42. The zero-order chi connectivity index (χ0) is 18.4. The summed E-state index contributed by atoms with van der Waals surface area (Å²) in [5.41, 5.74) is 1.11. The Labute approximate surface area is 151 Å². The van der Waals surface area contributed by atoms with Crippen LogP contribution < -0.4 is 0 Å². The number of carbonyl (C=O) groups is 1. The molecule has 5 heteroatoms. The SMILES string of the molecule is C[C@@H](CN(C)C(=O)c1cccc(CCC(C)(C)O)c1)N1CCOCC1. The number of hydrogen-bond donors (Lipinski definition) is 1. The molecule has 1 N–H and O–H groups in total. The highest BCUT2D eigenvalue weighted by atomic mass is 16.5. The third-order valence-corrected chi connectivity index (χ3v) is 4.75. The topological polar surface area (TPSA) is 53.0 Å². The number of hydrogen-bond acceptors (Lipinski definition) is 4. The van der Waals surface area contributed by atoms with E-state index in [1.807, 2.05) is 45.2 Å². The molecule has 25 heavy (non-hydrogen) atoms. The summed E-state index contributed by atoms with van der Waals surface area (Å²) in [5.74, 6) is 0.0465. The molecule has 0 unspecified atom stereocenters. The molecule has 1 aromatic rings. The Kier molecular flexibility index (Phi) is 6.99. The summed E-state index contributed by atoms with van der Waals surface area (Å²) >= 11 is 0. The van der Waals surface area contributed by atoms with Gasteiger partial charge in [-0.15, -0.1) is 0 Å². The van der Waals surface area contributed by atoms with Crippen LogP contribution >= 0.6 is 0 Å².